The quantitative estimate of drug-likeness (QED) is 0.637. The highest BCUT2D eigenvalue weighted by Crippen LogP contribution is 2.25. The number of pyridine rings is 1. The van der Waals surface area contributed by atoms with Crippen molar-refractivity contribution in [1.82, 2.24) is 4.98 Å². The molecule has 1 unspecified atom stereocenters. The van der Waals surface area contributed by atoms with E-state index in [1.54, 1.807) is 0 Å². The number of halogens is 1. The molecule has 0 aliphatic carbocycles. The fraction of sp³-hybridized carbons (Fsp3) is 0.444. The van der Waals surface area contributed by atoms with Crippen LogP contribution in [0.5, 0.6) is 0 Å². The Hall–Kier alpha value is -1.21. The first-order valence-corrected chi connectivity index (χ1v) is 5.48. The average molecular weight is 290 g/mol. The molecule has 2 N–H and O–H groups in total. The van der Waals surface area contributed by atoms with Gasteiger partial charge in [-0.3, -0.25) is 10.1 Å². The molecular weight excluding hydrogens is 278 g/mol. The maximum atomic E-state index is 10.7. The minimum Gasteiger partial charge on any atom is -0.396 e. The highest BCUT2D eigenvalue weighted by molar-refractivity contribution is 9.10. The van der Waals surface area contributed by atoms with Gasteiger partial charge in [-0.25, -0.2) is 4.98 Å². The van der Waals surface area contributed by atoms with Crippen LogP contribution >= 0.6 is 15.9 Å². The second-order valence-corrected chi connectivity index (χ2v) is 4.36. The molecule has 1 rings (SSSR count). The van der Waals surface area contributed by atoms with Crippen LogP contribution in [-0.4, -0.2) is 28.2 Å². The van der Waals surface area contributed by atoms with Crippen molar-refractivity contribution >= 4 is 27.4 Å². The maximum Gasteiger partial charge on any atom is 0.312 e. The van der Waals surface area contributed by atoms with Crippen molar-refractivity contribution in [3.63, 3.8) is 0 Å². The highest BCUT2D eigenvalue weighted by Gasteiger charge is 2.15. The molecule has 16 heavy (non-hydrogen) atoms. The molecule has 1 aromatic heterocycles. The zero-order chi connectivity index (χ0) is 12.1. The van der Waals surface area contributed by atoms with Crippen molar-refractivity contribution in [3.05, 3.63) is 26.9 Å². The Morgan fingerprint density at radius 3 is 3.00 bits per heavy atom. The van der Waals surface area contributed by atoms with E-state index in [9.17, 15) is 10.1 Å². The highest BCUT2D eigenvalue weighted by atomic mass is 79.9. The topological polar surface area (TPSA) is 88.3 Å². The Morgan fingerprint density at radius 2 is 2.44 bits per heavy atom. The Labute approximate surface area is 101 Å². The number of hydrogen-bond acceptors (Lipinski definition) is 5. The fourth-order valence-corrected chi connectivity index (χ4v) is 1.36. The van der Waals surface area contributed by atoms with Gasteiger partial charge in [0.2, 0.25) is 5.82 Å². The molecular formula is C9H12BrN3O3. The number of aromatic nitrogens is 1. The van der Waals surface area contributed by atoms with E-state index in [0.29, 0.717) is 11.0 Å². The average Bonchev–Trinajstić information content (AvgIpc) is 2.26. The second kappa shape index (κ2) is 5.76. The lowest BCUT2D eigenvalue weighted by Gasteiger charge is -2.10. The molecule has 1 atom stereocenters. The predicted molar refractivity (Wildman–Crippen MR) is 63.3 cm³/mol. The van der Waals surface area contributed by atoms with E-state index in [1.165, 1.54) is 12.3 Å². The summed E-state index contributed by atoms with van der Waals surface area (Å²) in [6.07, 6.45) is 1.49. The first kappa shape index (κ1) is 12.9. The standard InChI is InChI=1S/C9H12BrN3O3/c1-6(5-14)3-11-9-8(13(15)16)2-7(10)4-12-9/h2,4,6,14H,3,5H2,1H3,(H,11,12). The van der Waals surface area contributed by atoms with Gasteiger partial charge in [0.25, 0.3) is 0 Å². The number of nitro groups is 1. The van der Waals surface area contributed by atoms with Crippen LogP contribution in [0.4, 0.5) is 11.5 Å². The zero-order valence-electron chi connectivity index (χ0n) is 8.68. The van der Waals surface area contributed by atoms with Crippen LogP contribution in [0.1, 0.15) is 6.92 Å². The van der Waals surface area contributed by atoms with Crippen molar-refractivity contribution in [1.29, 1.82) is 0 Å². The molecule has 0 aromatic carbocycles. The number of nitrogens with zero attached hydrogens (tertiary/aromatic N) is 2. The van der Waals surface area contributed by atoms with Crippen molar-refractivity contribution in [3.8, 4) is 0 Å². The third-order valence-corrected chi connectivity index (χ3v) is 2.39. The molecule has 1 heterocycles. The Bertz CT molecular complexity index is 386. The molecule has 88 valence electrons. The van der Waals surface area contributed by atoms with Gasteiger partial charge in [0.05, 0.1) is 4.92 Å². The van der Waals surface area contributed by atoms with Crippen LogP contribution in [0.15, 0.2) is 16.7 Å². The van der Waals surface area contributed by atoms with Crippen LogP contribution in [0.3, 0.4) is 0 Å². The van der Waals surface area contributed by atoms with Gasteiger partial charge in [-0.2, -0.15) is 0 Å². The van der Waals surface area contributed by atoms with Gasteiger partial charge < -0.3 is 10.4 Å². The van der Waals surface area contributed by atoms with Gasteiger partial charge in [0, 0.05) is 29.9 Å². The molecule has 0 saturated heterocycles. The lowest BCUT2D eigenvalue weighted by Crippen LogP contribution is -2.16. The Balaban J connectivity index is 2.82. The van der Waals surface area contributed by atoms with Gasteiger partial charge in [0.1, 0.15) is 0 Å². The summed E-state index contributed by atoms with van der Waals surface area (Å²) in [6, 6.07) is 1.39. The molecule has 0 aliphatic rings. The van der Waals surface area contributed by atoms with Crippen molar-refractivity contribution < 1.29 is 10.0 Å². The number of nitrogens with one attached hydrogen (secondary N) is 1. The van der Waals surface area contributed by atoms with E-state index in [1.807, 2.05) is 6.92 Å². The fourth-order valence-electron chi connectivity index (χ4n) is 1.04. The summed E-state index contributed by atoms with van der Waals surface area (Å²) in [5.41, 5.74) is -0.0838. The maximum absolute atomic E-state index is 10.7. The van der Waals surface area contributed by atoms with Gasteiger partial charge in [-0.15, -0.1) is 0 Å². The molecule has 0 amide bonds. The molecule has 1 aromatic rings. The van der Waals surface area contributed by atoms with E-state index in [2.05, 4.69) is 26.2 Å². The lowest BCUT2D eigenvalue weighted by atomic mass is 10.2. The van der Waals surface area contributed by atoms with E-state index < -0.39 is 4.92 Å². The Morgan fingerprint density at radius 1 is 1.75 bits per heavy atom. The van der Waals surface area contributed by atoms with Crippen LogP contribution in [0.2, 0.25) is 0 Å². The summed E-state index contributed by atoms with van der Waals surface area (Å²) in [4.78, 5) is 14.2. The molecule has 0 saturated carbocycles. The monoisotopic (exact) mass is 289 g/mol. The minimum absolute atomic E-state index is 0.0186. The molecule has 0 fully saturated rings. The van der Waals surface area contributed by atoms with Crippen LogP contribution in [0, 0.1) is 16.0 Å². The number of hydrogen-bond donors (Lipinski definition) is 2. The van der Waals surface area contributed by atoms with Crippen LogP contribution < -0.4 is 5.32 Å². The predicted octanol–water partition coefficient (Wildman–Crippen LogP) is 1.79. The largest absolute Gasteiger partial charge is 0.396 e. The van der Waals surface area contributed by atoms with E-state index >= 15 is 0 Å². The molecule has 7 heteroatoms. The van der Waals surface area contributed by atoms with Gasteiger partial charge >= 0.3 is 5.69 Å². The molecule has 0 aliphatic heterocycles. The van der Waals surface area contributed by atoms with E-state index in [4.69, 9.17) is 5.11 Å². The summed E-state index contributed by atoms with van der Waals surface area (Å²) in [6.45, 7) is 2.29. The first-order valence-electron chi connectivity index (χ1n) is 4.69. The normalized spacial score (nSPS) is 12.2. The van der Waals surface area contributed by atoms with E-state index in [0.717, 1.165) is 0 Å². The summed E-state index contributed by atoms with van der Waals surface area (Å²) >= 11 is 3.12. The van der Waals surface area contributed by atoms with Crippen molar-refractivity contribution in [2.45, 2.75) is 6.92 Å². The Kier molecular flexibility index (Phi) is 4.63. The summed E-state index contributed by atoms with van der Waals surface area (Å²) in [5, 5.41) is 22.4. The number of rotatable bonds is 5. The van der Waals surface area contributed by atoms with Crippen molar-refractivity contribution in [2.24, 2.45) is 5.92 Å². The third kappa shape index (κ3) is 3.42. The first-order chi connectivity index (χ1) is 7.54. The summed E-state index contributed by atoms with van der Waals surface area (Å²) < 4.78 is 0.556. The summed E-state index contributed by atoms with van der Waals surface area (Å²) in [5.74, 6) is 0.235. The van der Waals surface area contributed by atoms with Gasteiger partial charge in [-0.1, -0.05) is 6.92 Å². The number of anilines is 1. The SMILES string of the molecule is CC(CO)CNc1ncc(Br)cc1[N+](=O)[O-]. The molecule has 6 nitrogen and oxygen atoms in total. The van der Waals surface area contributed by atoms with Crippen LogP contribution in [0.25, 0.3) is 0 Å². The molecule has 0 spiro atoms. The van der Waals surface area contributed by atoms with Crippen molar-refractivity contribution in [2.75, 3.05) is 18.5 Å². The third-order valence-electron chi connectivity index (χ3n) is 1.96. The minimum atomic E-state index is -0.496. The number of aliphatic hydroxyl groups is 1. The summed E-state index contributed by atoms with van der Waals surface area (Å²) in [7, 11) is 0. The lowest BCUT2D eigenvalue weighted by molar-refractivity contribution is -0.384. The zero-order valence-corrected chi connectivity index (χ0v) is 10.3. The number of aliphatic hydroxyl groups excluding tert-OH is 1. The second-order valence-electron chi connectivity index (χ2n) is 3.45. The van der Waals surface area contributed by atoms with Gasteiger partial charge in [-0.05, 0) is 21.8 Å². The van der Waals surface area contributed by atoms with Gasteiger partial charge in [0.15, 0.2) is 0 Å². The smallest absolute Gasteiger partial charge is 0.312 e. The molecule has 0 radical (unpaired) electrons. The van der Waals surface area contributed by atoms with E-state index in [-0.39, 0.29) is 24.0 Å². The molecule has 0 bridgehead atoms. The van der Waals surface area contributed by atoms with Crippen LogP contribution in [-0.2, 0) is 0 Å².